The number of likely N-dealkylation sites (tertiary alicyclic amines) is 1. The van der Waals surface area contributed by atoms with Crippen molar-refractivity contribution in [2.24, 2.45) is 0 Å². The molecule has 0 atom stereocenters. The zero-order valence-corrected chi connectivity index (χ0v) is 8.41. The SMILES string of the molecule is C#Cc1ccc(C(=O)N2CC(F)(F)C2)cc1. The van der Waals surface area contributed by atoms with Crippen LogP contribution in [0.5, 0.6) is 0 Å². The molecule has 2 rings (SSSR count). The van der Waals surface area contributed by atoms with Gasteiger partial charge in [-0.15, -0.1) is 6.42 Å². The Kier molecular flexibility index (Phi) is 2.39. The molecule has 0 bridgehead atoms. The van der Waals surface area contributed by atoms with Gasteiger partial charge in [-0.3, -0.25) is 4.79 Å². The van der Waals surface area contributed by atoms with E-state index >= 15 is 0 Å². The van der Waals surface area contributed by atoms with Gasteiger partial charge in [0.15, 0.2) is 0 Å². The van der Waals surface area contributed by atoms with Crippen LogP contribution in [0.3, 0.4) is 0 Å². The summed E-state index contributed by atoms with van der Waals surface area (Å²) in [7, 11) is 0. The van der Waals surface area contributed by atoms with Crippen molar-refractivity contribution in [3.8, 4) is 12.3 Å². The highest BCUT2D eigenvalue weighted by atomic mass is 19.3. The third kappa shape index (κ3) is 1.89. The first kappa shape index (κ1) is 10.6. The van der Waals surface area contributed by atoms with Gasteiger partial charge in [0.2, 0.25) is 0 Å². The minimum Gasteiger partial charge on any atom is -0.326 e. The Morgan fingerprint density at radius 1 is 1.31 bits per heavy atom. The van der Waals surface area contributed by atoms with Crippen molar-refractivity contribution in [1.82, 2.24) is 4.90 Å². The average Bonchev–Trinajstić information content (AvgIpc) is 2.25. The molecule has 1 aromatic rings. The van der Waals surface area contributed by atoms with E-state index < -0.39 is 19.0 Å². The number of halogens is 2. The summed E-state index contributed by atoms with van der Waals surface area (Å²) in [5.41, 5.74) is 1.04. The first-order valence-corrected chi connectivity index (χ1v) is 4.76. The monoisotopic (exact) mass is 221 g/mol. The van der Waals surface area contributed by atoms with Crippen LogP contribution in [0.4, 0.5) is 8.78 Å². The van der Waals surface area contributed by atoms with Crippen LogP contribution in [0.2, 0.25) is 0 Å². The van der Waals surface area contributed by atoms with E-state index in [2.05, 4.69) is 5.92 Å². The van der Waals surface area contributed by atoms with Gasteiger partial charge in [0, 0.05) is 11.1 Å². The molecule has 1 amide bonds. The van der Waals surface area contributed by atoms with Crippen LogP contribution in [0, 0.1) is 12.3 Å². The van der Waals surface area contributed by atoms with Gasteiger partial charge in [-0.05, 0) is 24.3 Å². The maximum atomic E-state index is 12.6. The lowest BCUT2D eigenvalue weighted by Crippen LogP contribution is -2.58. The predicted molar refractivity (Wildman–Crippen MR) is 55.2 cm³/mol. The van der Waals surface area contributed by atoms with Crippen molar-refractivity contribution < 1.29 is 13.6 Å². The van der Waals surface area contributed by atoms with E-state index in [9.17, 15) is 13.6 Å². The highest BCUT2D eigenvalue weighted by Gasteiger charge is 2.46. The molecule has 0 unspecified atom stereocenters. The van der Waals surface area contributed by atoms with Gasteiger partial charge in [0.1, 0.15) is 0 Å². The molecule has 16 heavy (non-hydrogen) atoms. The molecule has 1 saturated heterocycles. The number of hydrogen-bond donors (Lipinski definition) is 0. The van der Waals surface area contributed by atoms with E-state index in [-0.39, 0.29) is 5.91 Å². The predicted octanol–water partition coefficient (Wildman–Crippen LogP) is 1.76. The molecule has 1 aliphatic rings. The zero-order chi connectivity index (χ0) is 11.8. The first-order chi connectivity index (χ1) is 7.52. The average molecular weight is 221 g/mol. The summed E-state index contributed by atoms with van der Waals surface area (Å²) in [6, 6.07) is 6.33. The largest absolute Gasteiger partial charge is 0.326 e. The fraction of sp³-hybridized carbons (Fsp3) is 0.250. The molecule has 1 aromatic carbocycles. The van der Waals surface area contributed by atoms with Crippen LogP contribution in [0.15, 0.2) is 24.3 Å². The maximum absolute atomic E-state index is 12.6. The van der Waals surface area contributed by atoms with Gasteiger partial charge in [0.25, 0.3) is 11.8 Å². The van der Waals surface area contributed by atoms with E-state index in [0.29, 0.717) is 11.1 Å². The van der Waals surface area contributed by atoms with E-state index in [0.717, 1.165) is 4.90 Å². The Balaban J connectivity index is 2.08. The van der Waals surface area contributed by atoms with Crippen molar-refractivity contribution in [2.45, 2.75) is 5.92 Å². The highest BCUT2D eigenvalue weighted by Crippen LogP contribution is 2.27. The second-order valence-electron chi connectivity index (χ2n) is 3.74. The van der Waals surface area contributed by atoms with Crippen LogP contribution >= 0.6 is 0 Å². The van der Waals surface area contributed by atoms with E-state index in [1.165, 1.54) is 0 Å². The Morgan fingerprint density at radius 2 is 1.88 bits per heavy atom. The van der Waals surface area contributed by atoms with Crippen LogP contribution in [0.25, 0.3) is 0 Å². The van der Waals surface area contributed by atoms with Gasteiger partial charge in [-0.2, -0.15) is 0 Å². The molecule has 4 heteroatoms. The second kappa shape index (κ2) is 3.60. The molecular weight excluding hydrogens is 212 g/mol. The number of carbonyl (C=O) groups is 1. The minimum absolute atomic E-state index is 0.380. The molecule has 0 aliphatic carbocycles. The van der Waals surface area contributed by atoms with Gasteiger partial charge >= 0.3 is 0 Å². The number of nitrogens with zero attached hydrogens (tertiary/aromatic N) is 1. The summed E-state index contributed by atoms with van der Waals surface area (Å²) < 4.78 is 25.1. The molecule has 1 fully saturated rings. The number of hydrogen-bond acceptors (Lipinski definition) is 1. The normalized spacial score (nSPS) is 17.4. The third-order valence-electron chi connectivity index (χ3n) is 2.43. The molecule has 1 aliphatic heterocycles. The Labute approximate surface area is 91.9 Å². The number of terminal acetylenes is 1. The topological polar surface area (TPSA) is 20.3 Å². The standard InChI is InChI=1S/C12H9F2NO/c1-2-9-3-5-10(6-4-9)11(16)15-7-12(13,14)8-15/h1,3-6H,7-8H2. The third-order valence-corrected chi connectivity index (χ3v) is 2.43. The summed E-state index contributed by atoms with van der Waals surface area (Å²) in [5.74, 6) is -0.689. The van der Waals surface area contributed by atoms with Crippen LogP contribution in [0.1, 0.15) is 15.9 Å². The molecule has 0 radical (unpaired) electrons. The first-order valence-electron chi connectivity index (χ1n) is 4.76. The van der Waals surface area contributed by atoms with Crippen molar-refractivity contribution >= 4 is 5.91 Å². The molecule has 1 heterocycles. The Bertz CT molecular complexity index is 451. The number of benzene rings is 1. The van der Waals surface area contributed by atoms with Crippen molar-refractivity contribution in [2.75, 3.05) is 13.1 Å². The lowest BCUT2D eigenvalue weighted by molar-refractivity contribution is -0.113. The zero-order valence-electron chi connectivity index (χ0n) is 8.41. The van der Waals surface area contributed by atoms with Crippen molar-refractivity contribution in [1.29, 1.82) is 0 Å². The lowest BCUT2D eigenvalue weighted by atomic mass is 10.1. The molecule has 0 saturated carbocycles. The molecule has 82 valence electrons. The molecule has 0 spiro atoms. The van der Waals surface area contributed by atoms with Crippen LogP contribution < -0.4 is 0 Å². The number of alkyl halides is 2. The van der Waals surface area contributed by atoms with E-state index in [1.54, 1.807) is 24.3 Å². The quantitative estimate of drug-likeness (QED) is 0.662. The van der Waals surface area contributed by atoms with Gasteiger partial charge < -0.3 is 4.90 Å². The van der Waals surface area contributed by atoms with Crippen molar-refractivity contribution in [3.63, 3.8) is 0 Å². The molecule has 0 N–H and O–H groups in total. The van der Waals surface area contributed by atoms with Gasteiger partial charge in [0.05, 0.1) is 13.1 Å². The van der Waals surface area contributed by atoms with Gasteiger partial charge in [-0.25, -0.2) is 8.78 Å². The lowest BCUT2D eigenvalue weighted by Gasteiger charge is -2.38. The smallest absolute Gasteiger partial charge is 0.282 e. The Morgan fingerprint density at radius 3 is 2.31 bits per heavy atom. The van der Waals surface area contributed by atoms with Crippen LogP contribution in [-0.4, -0.2) is 29.8 Å². The summed E-state index contributed by atoms with van der Waals surface area (Å²) in [5, 5.41) is 0. The highest BCUT2D eigenvalue weighted by molar-refractivity contribution is 5.95. The Hall–Kier alpha value is -1.89. The number of rotatable bonds is 1. The summed E-state index contributed by atoms with van der Waals surface area (Å²) in [6.45, 7) is -0.995. The number of carbonyl (C=O) groups excluding carboxylic acids is 1. The van der Waals surface area contributed by atoms with E-state index in [1.807, 2.05) is 0 Å². The van der Waals surface area contributed by atoms with Gasteiger partial charge in [-0.1, -0.05) is 5.92 Å². The maximum Gasteiger partial charge on any atom is 0.282 e. The number of amides is 1. The second-order valence-corrected chi connectivity index (χ2v) is 3.74. The van der Waals surface area contributed by atoms with Crippen molar-refractivity contribution in [3.05, 3.63) is 35.4 Å². The summed E-state index contributed by atoms with van der Waals surface area (Å²) in [6.07, 6.45) is 5.16. The molecular formula is C12H9F2NO. The fourth-order valence-electron chi connectivity index (χ4n) is 1.55. The molecule has 0 aromatic heterocycles. The minimum atomic E-state index is -2.73. The van der Waals surface area contributed by atoms with E-state index in [4.69, 9.17) is 6.42 Å². The summed E-state index contributed by atoms with van der Waals surface area (Å²) >= 11 is 0. The van der Waals surface area contributed by atoms with Crippen LogP contribution in [-0.2, 0) is 0 Å². The molecule has 2 nitrogen and oxygen atoms in total. The fourth-order valence-corrected chi connectivity index (χ4v) is 1.55. The summed E-state index contributed by atoms with van der Waals surface area (Å²) in [4.78, 5) is 12.8.